The second-order valence-electron chi connectivity index (χ2n) is 11.1. The Morgan fingerprint density at radius 2 is 1.56 bits per heavy atom. The van der Waals surface area contributed by atoms with Crippen molar-refractivity contribution < 1.29 is 19.3 Å². The number of carbonyl (C=O) groups is 1. The Balaban J connectivity index is 0.000000311. The van der Waals surface area contributed by atoms with Gasteiger partial charge in [0.05, 0.1) is 12.0 Å². The number of rotatable bonds is 2. The first-order chi connectivity index (χ1) is 18.1. The standard InChI is InChI=1S/C13H19N3OSi.C9H10N2O.C4H9NSi.2HI.Zn/c1-14-13(17-18(3,4)5)8-10-16(2)12-11(13)7-6-9-15-12;1-11-6-4-8(12)7-3-2-5-10-9(7)11;1-6(2,3)4-5;;;/h6-7,9H,8,10H2,2-5H3;2-3,5H,4,6H2,1H3;1-3H3;2*1H;/q;;;;;+2/p-2. The van der Waals surface area contributed by atoms with E-state index in [1.807, 2.05) is 56.8 Å². The molecule has 1 atom stereocenters. The molecule has 0 N–H and O–H groups in total. The summed E-state index contributed by atoms with van der Waals surface area (Å²) in [5.41, 5.74) is 3.08. The van der Waals surface area contributed by atoms with Crippen LogP contribution in [0.4, 0.5) is 11.6 Å². The van der Waals surface area contributed by atoms with Crippen molar-refractivity contribution in [3.05, 3.63) is 59.2 Å². The Morgan fingerprint density at radius 3 is 2.05 bits per heavy atom. The molecule has 0 spiro atoms. The van der Waals surface area contributed by atoms with Gasteiger partial charge in [0.1, 0.15) is 17.2 Å². The predicted molar refractivity (Wildman–Crippen MR) is 178 cm³/mol. The third-order valence-electron chi connectivity index (χ3n) is 5.47. The van der Waals surface area contributed by atoms with Gasteiger partial charge in [-0.2, -0.15) is 0 Å². The predicted octanol–water partition coefficient (Wildman–Crippen LogP) is 7.11. The molecular weight excluding hydrogens is 804 g/mol. The third kappa shape index (κ3) is 11.8. The second-order valence-corrected chi connectivity index (χ2v) is 43.8. The number of pyridine rings is 2. The van der Waals surface area contributed by atoms with Crippen LogP contribution in [0.25, 0.3) is 4.85 Å². The van der Waals surface area contributed by atoms with E-state index in [2.05, 4.69) is 84.5 Å². The quantitative estimate of drug-likeness (QED) is 0.181. The zero-order valence-corrected chi connectivity index (χ0v) is 33.5. The summed E-state index contributed by atoms with van der Waals surface area (Å²) in [7, 11) is 0.916. The van der Waals surface area contributed by atoms with Gasteiger partial charge >= 0.3 is 55.3 Å². The molecule has 2 aromatic rings. The number of halogens is 2. The second kappa shape index (κ2) is 16.5. The number of nitriles is 1. The van der Waals surface area contributed by atoms with Crippen molar-refractivity contribution in [1.82, 2.24) is 9.97 Å². The van der Waals surface area contributed by atoms with Crippen LogP contribution >= 0.6 is 39.5 Å². The molecule has 2 aliphatic rings. The van der Waals surface area contributed by atoms with Crippen molar-refractivity contribution in [2.45, 2.75) is 57.8 Å². The first kappa shape index (κ1) is 36.1. The fourth-order valence-corrected chi connectivity index (χ4v) is 5.02. The molecule has 8 nitrogen and oxygen atoms in total. The first-order valence-electron chi connectivity index (χ1n) is 12.6. The van der Waals surface area contributed by atoms with E-state index < -0.39 is 22.1 Å². The van der Waals surface area contributed by atoms with Gasteiger partial charge in [0.2, 0.25) is 0 Å². The zero-order chi connectivity index (χ0) is 29.9. The van der Waals surface area contributed by atoms with Crippen LogP contribution in [-0.2, 0) is 20.2 Å². The van der Waals surface area contributed by atoms with Gasteiger partial charge in [0.25, 0.3) is 0 Å². The average molecular weight is 842 g/mol. The van der Waals surface area contributed by atoms with Gasteiger partial charge in [0, 0.05) is 51.7 Å². The molecule has 208 valence electrons. The van der Waals surface area contributed by atoms with E-state index in [0.29, 0.717) is 12.8 Å². The van der Waals surface area contributed by atoms with E-state index in [4.69, 9.17) is 16.3 Å². The Hall–Kier alpha value is -0.973. The molecule has 0 fully saturated rings. The number of aromatic nitrogens is 2. The molecule has 0 saturated heterocycles. The van der Waals surface area contributed by atoms with E-state index >= 15 is 0 Å². The first-order valence-corrected chi connectivity index (χ1v) is 37.6. The topological polar surface area (TPSA) is 86.7 Å². The van der Waals surface area contributed by atoms with Crippen LogP contribution in [0.2, 0.25) is 39.3 Å². The van der Waals surface area contributed by atoms with E-state index in [0.717, 1.165) is 35.9 Å². The van der Waals surface area contributed by atoms with Crippen molar-refractivity contribution in [3.8, 4) is 5.69 Å². The number of nitrogens with zero attached hydrogens (tertiary/aromatic N) is 6. The van der Waals surface area contributed by atoms with Crippen molar-refractivity contribution in [1.29, 1.82) is 5.26 Å². The van der Waals surface area contributed by atoms with Gasteiger partial charge in [-0.1, -0.05) is 19.6 Å². The summed E-state index contributed by atoms with van der Waals surface area (Å²) in [6, 6.07) is 7.48. The Kier molecular flexibility index (Phi) is 15.2. The minimum absolute atomic E-state index is 0.0650. The normalized spacial score (nSPS) is 17.6. The fourth-order valence-electron chi connectivity index (χ4n) is 3.75. The van der Waals surface area contributed by atoms with E-state index in [9.17, 15) is 4.79 Å². The summed E-state index contributed by atoms with van der Waals surface area (Å²) in [5.74, 6) is 1.89. The SMILES string of the molecule is CN1CCC(=O)c2cccnc21.C[Si](C)(C)C#N.[C-]#[N+]C1(O[Si](C)(C)C)CCN(C)c2ncccc21.[I][Zn][I]. The molecule has 13 heteroatoms. The van der Waals surface area contributed by atoms with E-state index in [1.165, 1.54) is 0 Å². The Labute approximate surface area is 265 Å². The van der Waals surface area contributed by atoms with E-state index in [-0.39, 0.29) is 15.9 Å². The van der Waals surface area contributed by atoms with Gasteiger partial charge in [-0.3, -0.25) is 9.64 Å². The number of fused-ring (bicyclic) bond motifs is 2. The van der Waals surface area contributed by atoms with Gasteiger partial charge < -0.3 is 14.2 Å². The third-order valence-corrected chi connectivity index (χ3v) is 7.09. The minimum atomic E-state index is -1.79. The zero-order valence-electron chi connectivity index (χ0n) is 24.3. The van der Waals surface area contributed by atoms with Crippen LogP contribution in [0.1, 0.15) is 28.8 Å². The number of carbonyl (C=O) groups excluding carboxylic acids is 1. The van der Waals surface area contributed by atoms with Crippen molar-refractivity contribution in [2.24, 2.45) is 0 Å². The summed E-state index contributed by atoms with van der Waals surface area (Å²) in [4.78, 5) is 27.8. The van der Waals surface area contributed by atoms with Gasteiger partial charge in [0.15, 0.2) is 22.2 Å². The molecule has 39 heavy (non-hydrogen) atoms. The summed E-state index contributed by atoms with van der Waals surface area (Å²) >= 11 is 4.93. The molecule has 0 aromatic carbocycles. The molecule has 0 aliphatic carbocycles. The molecule has 2 aromatic heterocycles. The Bertz CT molecular complexity index is 1180. The van der Waals surface area contributed by atoms with Crippen LogP contribution in [0.5, 0.6) is 0 Å². The fraction of sp³-hybridized carbons (Fsp3) is 0.500. The molecule has 4 rings (SSSR count). The molecule has 0 amide bonds. The number of Topliss-reactive ketones (excluding diaryl/α,β-unsaturated/α-hetero) is 1. The molecule has 4 heterocycles. The Morgan fingerprint density at radius 1 is 1.05 bits per heavy atom. The number of hydrogen-bond acceptors (Lipinski definition) is 7. The molecule has 2 aliphatic heterocycles. The van der Waals surface area contributed by atoms with Gasteiger partial charge in [-0.05, 0) is 43.9 Å². The van der Waals surface area contributed by atoms with Crippen LogP contribution in [-0.4, -0.2) is 59.3 Å². The maximum atomic E-state index is 11.4. The molecular formula is C26H38I2N6O2Si2Zn. The molecule has 1 unspecified atom stereocenters. The maximum absolute atomic E-state index is 11.4. The van der Waals surface area contributed by atoms with Crippen LogP contribution in [0.3, 0.4) is 0 Å². The summed E-state index contributed by atoms with van der Waals surface area (Å²) < 4.78 is 6.21. The summed E-state index contributed by atoms with van der Waals surface area (Å²) in [6.45, 7) is 21.6. The van der Waals surface area contributed by atoms with Gasteiger partial charge in [-0.15, -0.1) is 0 Å². The molecule has 0 bridgehead atoms. The molecule has 0 saturated carbocycles. The van der Waals surface area contributed by atoms with Crippen LogP contribution < -0.4 is 9.80 Å². The number of anilines is 2. The van der Waals surface area contributed by atoms with Crippen LogP contribution in [0.15, 0.2) is 36.7 Å². The van der Waals surface area contributed by atoms with Crippen LogP contribution in [0, 0.1) is 17.5 Å². The van der Waals surface area contributed by atoms with Crippen molar-refractivity contribution in [3.63, 3.8) is 0 Å². The summed E-state index contributed by atoms with van der Waals surface area (Å²) in [6.07, 6.45) is 4.79. The van der Waals surface area contributed by atoms with E-state index in [1.54, 1.807) is 18.5 Å². The average Bonchev–Trinajstić information content (AvgIpc) is 2.88. The molecule has 0 radical (unpaired) electrons. The van der Waals surface area contributed by atoms with Gasteiger partial charge in [-0.25, -0.2) is 21.8 Å². The van der Waals surface area contributed by atoms with Crippen molar-refractivity contribution in [2.75, 3.05) is 37.0 Å². The monoisotopic (exact) mass is 840 g/mol. The number of hydrogen-bond donors (Lipinski definition) is 0. The summed E-state index contributed by atoms with van der Waals surface area (Å²) in [5, 5.41) is 8.21. The number of ketones is 1. The van der Waals surface area contributed by atoms with Crippen molar-refractivity contribution >= 4 is 73.3 Å².